The Morgan fingerprint density at radius 3 is 2.57 bits per heavy atom. The Labute approximate surface area is 222 Å². The van der Waals surface area contributed by atoms with Gasteiger partial charge < -0.3 is 4.74 Å². The standard InChI is InChI=1S/C27H27ClFIN2O3/c1-2-35-25(34)7-18-12-27(13-18)10-17(11-27)6-24(33)21-9-20(28)8-19-14-31-32(26(19)21)15-16-3-4-23(30)22(29)5-16/h3-5,8-9,14,17-18H,2,6-7,10-13,15H2,1H3. The molecule has 0 atom stereocenters. The quantitative estimate of drug-likeness (QED) is 0.160. The van der Waals surface area contributed by atoms with Crippen LogP contribution in [0.4, 0.5) is 4.39 Å². The third kappa shape index (κ3) is 5.12. The Balaban J connectivity index is 1.26. The van der Waals surface area contributed by atoms with Crippen LogP contribution in [-0.4, -0.2) is 28.1 Å². The number of Topliss-reactive ketones (excluding diaryl/α,β-unsaturated/α-hetero) is 1. The first-order chi connectivity index (χ1) is 16.7. The summed E-state index contributed by atoms with van der Waals surface area (Å²) in [6, 6.07) is 8.66. The van der Waals surface area contributed by atoms with Crippen molar-refractivity contribution in [3.05, 3.63) is 62.1 Å². The molecule has 2 fully saturated rings. The average molecular weight is 609 g/mol. The van der Waals surface area contributed by atoms with E-state index in [1.165, 1.54) is 6.07 Å². The number of hydrogen-bond donors (Lipinski definition) is 0. The van der Waals surface area contributed by atoms with Crippen molar-refractivity contribution in [3.63, 3.8) is 0 Å². The fourth-order valence-electron chi connectivity index (χ4n) is 6.12. The highest BCUT2D eigenvalue weighted by atomic mass is 127. The van der Waals surface area contributed by atoms with Crippen LogP contribution in [0.15, 0.2) is 36.5 Å². The van der Waals surface area contributed by atoms with E-state index in [0.29, 0.717) is 57.4 Å². The van der Waals surface area contributed by atoms with Crippen LogP contribution in [0.2, 0.25) is 5.02 Å². The van der Waals surface area contributed by atoms with Gasteiger partial charge in [-0.15, -0.1) is 0 Å². The number of rotatable bonds is 8. The maximum Gasteiger partial charge on any atom is 0.306 e. The van der Waals surface area contributed by atoms with E-state index in [0.717, 1.165) is 42.1 Å². The lowest BCUT2D eigenvalue weighted by molar-refractivity contribution is -0.148. The van der Waals surface area contributed by atoms with Crippen LogP contribution < -0.4 is 0 Å². The van der Waals surface area contributed by atoms with Crippen LogP contribution >= 0.6 is 34.2 Å². The lowest BCUT2D eigenvalue weighted by Crippen LogP contribution is -2.48. The number of halogens is 3. The van der Waals surface area contributed by atoms with E-state index in [4.69, 9.17) is 16.3 Å². The molecule has 1 spiro atoms. The molecular weight excluding hydrogens is 582 g/mol. The molecule has 2 aliphatic carbocycles. The van der Waals surface area contributed by atoms with E-state index in [1.54, 1.807) is 23.0 Å². The maximum absolute atomic E-state index is 14.1. The van der Waals surface area contributed by atoms with Crippen molar-refractivity contribution < 1.29 is 18.7 Å². The lowest BCUT2D eigenvalue weighted by Gasteiger charge is -2.58. The molecule has 0 amide bonds. The zero-order valence-corrected chi connectivity index (χ0v) is 22.4. The van der Waals surface area contributed by atoms with Gasteiger partial charge >= 0.3 is 5.97 Å². The van der Waals surface area contributed by atoms with Crippen LogP contribution in [0, 0.1) is 26.6 Å². The first-order valence-corrected chi connectivity index (χ1v) is 13.5. The second-order valence-corrected chi connectivity index (χ2v) is 11.7. The summed E-state index contributed by atoms with van der Waals surface area (Å²) in [5, 5.41) is 5.78. The number of carbonyl (C=O) groups excluding carboxylic acids is 2. The van der Waals surface area contributed by atoms with Gasteiger partial charge in [-0.05, 0) is 102 Å². The number of ketones is 1. The van der Waals surface area contributed by atoms with Crippen molar-refractivity contribution >= 4 is 56.8 Å². The molecule has 8 heteroatoms. The van der Waals surface area contributed by atoms with Crippen molar-refractivity contribution in [2.24, 2.45) is 17.3 Å². The first kappa shape index (κ1) is 24.7. The van der Waals surface area contributed by atoms with Crippen molar-refractivity contribution in [1.82, 2.24) is 9.78 Å². The summed E-state index contributed by atoms with van der Waals surface area (Å²) >= 11 is 8.30. The van der Waals surface area contributed by atoms with E-state index < -0.39 is 0 Å². The molecule has 184 valence electrons. The molecule has 2 aromatic carbocycles. The van der Waals surface area contributed by atoms with Crippen LogP contribution in [0.3, 0.4) is 0 Å². The molecule has 1 heterocycles. The zero-order valence-electron chi connectivity index (χ0n) is 19.5. The van der Waals surface area contributed by atoms with E-state index in [-0.39, 0.29) is 17.6 Å². The molecule has 2 saturated carbocycles. The summed E-state index contributed by atoms with van der Waals surface area (Å²) in [5.74, 6) is 0.460. The molecule has 35 heavy (non-hydrogen) atoms. The van der Waals surface area contributed by atoms with E-state index in [1.807, 2.05) is 41.6 Å². The van der Waals surface area contributed by atoms with Crippen molar-refractivity contribution in [2.45, 2.75) is 52.0 Å². The second kappa shape index (κ2) is 9.81. The van der Waals surface area contributed by atoms with Crippen molar-refractivity contribution in [1.29, 1.82) is 0 Å². The number of fused-ring (bicyclic) bond motifs is 1. The van der Waals surface area contributed by atoms with Crippen molar-refractivity contribution in [3.8, 4) is 0 Å². The van der Waals surface area contributed by atoms with Crippen LogP contribution in [0.1, 0.15) is 61.4 Å². The number of carbonyl (C=O) groups is 2. The molecule has 1 aromatic heterocycles. The van der Waals surface area contributed by atoms with Gasteiger partial charge in [-0.2, -0.15) is 5.10 Å². The largest absolute Gasteiger partial charge is 0.466 e. The third-order valence-electron chi connectivity index (χ3n) is 7.44. The summed E-state index contributed by atoms with van der Waals surface area (Å²) in [6.07, 6.45) is 6.86. The minimum absolute atomic E-state index is 0.0651. The van der Waals surface area contributed by atoms with Crippen molar-refractivity contribution in [2.75, 3.05) is 6.61 Å². The molecule has 5 nitrogen and oxygen atoms in total. The molecular formula is C27H27ClFIN2O3. The number of benzene rings is 2. The molecule has 0 aliphatic heterocycles. The Morgan fingerprint density at radius 2 is 1.89 bits per heavy atom. The number of ether oxygens (including phenoxy) is 1. The fraction of sp³-hybridized carbons (Fsp3) is 0.444. The number of aromatic nitrogens is 2. The Morgan fingerprint density at radius 1 is 1.17 bits per heavy atom. The molecule has 0 radical (unpaired) electrons. The number of nitrogens with zero attached hydrogens (tertiary/aromatic N) is 2. The molecule has 5 rings (SSSR count). The predicted molar refractivity (Wildman–Crippen MR) is 141 cm³/mol. The Kier molecular flexibility index (Phi) is 6.92. The number of esters is 1. The molecule has 3 aromatic rings. The second-order valence-electron chi connectivity index (χ2n) is 10.1. The molecule has 0 saturated heterocycles. The van der Waals surface area contributed by atoms with Gasteiger partial charge in [0.1, 0.15) is 5.82 Å². The van der Waals surface area contributed by atoms with E-state index >= 15 is 0 Å². The van der Waals surface area contributed by atoms with Gasteiger partial charge in [0, 0.05) is 32.4 Å². The Hall–Kier alpha value is -2.00. The maximum atomic E-state index is 14.1. The molecule has 0 bridgehead atoms. The molecule has 0 unspecified atom stereocenters. The summed E-state index contributed by atoms with van der Waals surface area (Å²) < 4.78 is 21.4. The Bertz CT molecular complexity index is 1290. The minimum atomic E-state index is -0.265. The topological polar surface area (TPSA) is 61.2 Å². The zero-order chi connectivity index (χ0) is 24.7. The van der Waals surface area contributed by atoms with Gasteiger partial charge in [0.05, 0.1) is 24.9 Å². The summed E-state index contributed by atoms with van der Waals surface area (Å²) in [7, 11) is 0. The summed E-state index contributed by atoms with van der Waals surface area (Å²) in [6.45, 7) is 2.63. The predicted octanol–water partition coefficient (Wildman–Crippen LogP) is 6.81. The number of hydrogen-bond acceptors (Lipinski definition) is 4. The third-order valence-corrected chi connectivity index (χ3v) is 8.53. The minimum Gasteiger partial charge on any atom is -0.466 e. The normalized spacial score (nSPS) is 23.2. The van der Waals surface area contributed by atoms with Gasteiger partial charge in [0.15, 0.2) is 5.78 Å². The van der Waals surface area contributed by atoms with Gasteiger partial charge in [-0.25, -0.2) is 4.39 Å². The average Bonchev–Trinajstić information content (AvgIpc) is 3.15. The monoisotopic (exact) mass is 608 g/mol. The van der Waals surface area contributed by atoms with E-state index in [2.05, 4.69) is 5.10 Å². The van der Waals surface area contributed by atoms with Crippen LogP contribution in [0.5, 0.6) is 0 Å². The summed E-state index contributed by atoms with van der Waals surface area (Å²) in [4.78, 5) is 25.1. The highest BCUT2D eigenvalue weighted by Crippen LogP contribution is 2.62. The van der Waals surface area contributed by atoms with Gasteiger partial charge in [0.25, 0.3) is 0 Å². The van der Waals surface area contributed by atoms with Gasteiger partial charge in [-0.3, -0.25) is 14.3 Å². The summed E-state index contributed by atoms with van der Waals surface area (Å²) in [5.41, 5.74) is 2.41. The fourth-order valence-corrected chi connectivity index (χ4v) is 6.68. The first-order valence-electron chi connectivity index (χ1n) is 12.0. The van der Waals surface area contributed by atoms with Gasteiger partial charge in [-0.1, -0.05) is 17.7 Å². The van der Waals surface area contributed by atoms with E-state index in [9.17, 15) is 14.0 Å². The smallest absolute Gasteiger partial charge is 0.306 e. The van der Waals surface area contributed by atoms with Crippen LogP contribution in [-0.2, 0) is 16.1 Å². The van der Waals surface area contributed by atoms with Gasteiger partial charge in [0.2, 0.25) is 0 Å². The molecule has 2 aliphatic rings. The van der Waals surface area contributed by atoms with Crippen LogP contribution in [0.25, 0.3) is 10.9 Å². The lowest BCUT2D eigenvalue weighted by atomic mass is 9.47. The molecule has 0 N–H and O–H groups in total. The highest BCUT2D eigenvalue weighted by Gasteiger charge is 2.53. The SMILES string of the molecule is CCOC(=O)CC1CC2(C1)CC(CC(=O)c1cc(Cl)cc3cnn(Cc4ccc(I)c(F)c4)c13)C2. The highest BCUT2D eigenvalue weighted by molar-refractivity contribution is 14.1.